The normalized spacial score (nSPS) is 21.5. The van der Waals surface area contributed by atoms with Gasteiger partial charge in [0.15, 0.2) is 0 Å². The standard InChI is InChI=1S/C16H25BO4/c1-12(19-18-6)11-13-7-9-14(10-8-13)17-20-15(2,3)16(4,5)21-17/h7-10,12H,11H2,1-6H3. The first-order chi connectivity index (χ1) is 9.75. The van der Waals surface area contributed by atoms with Crippen molar-refractivity contribution in [3.8, 4) is 0 Å². The van der Waals surface area contributed by atoms with Gasteiger partial charge >= 0.3 is 7.12 Å². The molecule has 0 amide bonds. The summed E-state index contributed by atoms with van der Waals surface area (Å²) in [5.41, 5.74) is 1.62. The molecule has 0 aliphatic carbocycles. The molecule has 1 aliphatic rings. The summed E-state index contributed by atoms with van der Waals surface area (Å²) < 4.78 is 12.1. The Balaban J connectivity index is 2.03. The fraction of sp³-hybridized carbons (Fsp3) is 0.625. The largest absolute Gasteiger partial charge is 0.494 e. The number of rotatable bonds is 5. The molecule has 0 aromatic heterocycles. The minimum Gasteiger partial charge on any atom is -0.399 e. The Labute approximate surface area is 127 Å². The van der Waals surface area contributed by atoms with Gasteiger partial charge in [0, 0.05) is 6.42 Å². The molecule has 1 atom stereocenters. The van der Waals surface area contributed by atoms with Crippen LogP contribution in [0.25, 0.3) is 0 Å². The average Bonchev–Trinajstić information content (AvgIpc) is 2.59. The summed E-state index contributed by atoms with van der Waals surface area (Å²) in [6.45, 7) is 10.2. The van der Waals surface area contributed by atoms with Crippen LogP contribution in [-0.2, 0) is 25.5 Å². The number of benzene rings is 1. The van der Waals surface area contributed by atoms with Crippen molar-refractivity contribution < 1.29 is 19.1 Å². The fourth-order valence-electron chi connectivity index (χ4n) is 2.32. The van der Waals surface area contributed by atoms with E-state index in [1.54, 1.807) is 0 Å². The second kappa shape index (κ2) is 6.09. The average molecular weight is 292 g/mol. The van der Waals surface area contributed by atoms with Crippen LogP contribution >= 0.6 is 0 Å². The molecule has 1 heterocycles. The van der Waals surface area contributed by atoms with Crippen molar-refractivity contribution in [3.63, 3.8) is 0 Å². The maximum absolute atomic E-state index is 6.04. The highest BCUT2D eigenvalue weighted by molar-refractivity contribution is 6.62. The SMILES string of the molecule is COOC(C)Cc1ccc(B2OC(C)(C)C(C)(C)O2)cc1. The maximum atomic E-state index is 6.04. The second-order valence-corrected chi connectivity index (χ2v) is 6.61. The molecule has 1 aliphatic heterocycles. The van der Waals surface area contributed by atoms with E-state index in [9.17, 15) is 0 Å². The van der Waals surface area contributed by atoms with Gasteiger partial charge in [0.25, 0.3) is 0 Å². The van der Waals surface area contributed by atoms with Gasteiger partial charge in [0.05, 0.1) is 24.4 Å². The predicted octanol–water partition coefficient (Wildman–Crippen LogP) is 2.49. The van der Waals surface area contributed by atoms with Gasteiger partial charge in [0.2, 0.25) is 0 Å². The van der Waals surface area contributed by atoms with E-state index in [1.165, 1.54) is 12.7 Å². The highest BCUT2D eigenvalue weighted by Gasteiger charge is 2.51. The molecule has 0 saturated carbocycles. The van der Waals surface area contributed by atoms with Crippen molar-refractivity contribution in [2.24, 2.45) is 0 Å². The van der Waals surface area contributed by atoms with Gasteiger partial charge in [-0.1, -0.05) is 24.3 Å². The van der Waals surface area contributed by atoms with Crippen LogP contribution in [0.4, 0.5) is 0 Å². The molecule has 0 radical (unpaired) electrons. The lowest BCUT2D eigenvalue weighted by Gasteiger charge is -2.32. The summed E-state index contributed by atoms with van der Waals surface area (Å²) >= 11 is 0. The van der Waals surface area contributed by atoms with Gasteiger partial charge in [-0.2, -0.15) is 0 Å². The highest BCUT2D eigenvalue weighted by Crippen LogP contribution is 2.36. The van der Waals surface area contributed by atoms with E-state index < -0.39 is 0 Å². The molecule has 2 rings (SSSR count). The van der Waals surface area contributed by atoms with Crippen LogP contribution in [0.1, 0.15) is 40.2 Å². The zero-order valence-corrected chi connectivity index (χ0v) is 13.8. The molecule has 1 aromatic rings. The Kier molecular flexibility index (Phi) is 4.78. The summed E-state index contributed by atoms with van der Waals surface area (Å²) in [6, 6.07) is 8.26. The second-order valence-electron chi connectivity index (χ2n) is 6.61. The molecular formula is C16H25BO4. The monoisotopic (exact) mass is 292 g/mol. The van der Waals surface area contributed by atoms with Gasteiger partial charge < -0.3 is 9.31 Å². The highest BCUT2D eigenvalue weighted by atomic mass is 17.2. The molecular weight excluding hydrogens is 267 g/mol. The molecule has 0 bridgehead atoms. The molecule has 0 N–H and O–H groups in total. The van der Waals surface area contributed by atoms with Gasteiger partial charge in [-0.3, -0.25) is 0 Å². The third kappa shape index (κ3) is 3.66. The first-order valence-electron chi connectivity index (χ1n) is 7.39. The minimum absolute atomic E-state index is 0.0256. The third-order valence-electron chi connectivity index (χ3n) is 4.29. The van der Waals surface area contributed by atoms with Crippen LogP contribution in [0, 0.1) is 0 Å². The quantitative estimate of drug-likeness (QED) is 0.475. The minimum atomic E-state index is -0.309. The summed E-state index contributed by atoms with van der Waals surface area (Å²) in [5, 5.41) is 0. The van der Waals surface area contributed by atoms with E-state index in [4.69, 9.17) is 14.2 Å². The zero-order chi connectivity index (χ0) is 15.7. The molecule has 116 valence electrons. The van der Waals surface area contributed by atoms with Crippen LogP contribution < -0.4 is 5.46 Å². The lowest BCUT2D eigenvalue weighted by molar-refractivity contribution is -0.300. The van der Waals surface area contributed by atoms with Gasteiger partial charge in [-0.05, 0) is 45.6 Å². The first-order valence-corrected chi connectivity index (χ1v) is 7.39. The lowest BCUT2D eigenvalue weighted by atomic mass is 9.78. The Morgan fingerprint density at radius 3 is 2.05 bits per heavy atom. The van der Waals surface area contributed by atoms with Crippen molar-refractivity contribution in [3.05, 3.63) is 29.8 Å². The summed E-state index contributed by atoms with van der Waals surface area (Å²) in [6.07, 6.45) is 0.829. The van der Waals surface area contributed by atoms with E-state index in [-0.39, 0.29) is 24.4 Å². The number of hydrogen-bond donors (Lipinski definition) is 0. The van der Waals surface area contributed by atoms with Gasteiger partial charge in [-0.25, -0.2) is 9.78 Å². The van der Waals surface area contributed by atoms with Gasteiger partial charge in [0.1, 0.15) is 0 Å². The van der Waals surface area contributed by atoms with Crippen LogP contribution in [0.2, 0.25) is 0 Å². The Morgan fingerprint density at radius 1 is 1.05 bits per heavy atom. The fourth-order valence-corrected chi connectivity index (χ4v) is 2.32. The van der Waals surface area contributed by atoms with Crippen molar-refractivity contribution in [2.75, 3.05) is 7.11 Å². The summed E-state index contributed by atoms with van der Waals surface area (Å²) in [7, 11) is 1.22. The lowest BCUT2D eigenvalue weighted by Crippen LogP contribution is -2.41. The van der Waals surface area contributed by atoms with E-state index in [1.807, 2.05) is 6.92 Å². The molecule has 1 fully saturated rings. The Bertz CT molecular complexity index is 454. The molecule has 4 nitrogen and oxygen atoms in total. The zero-order valence-electron chi connectivity index (χ0n) is 13.8. The van der Waals surface area contributed by atoms with Crippen molar-refractivity contribution in [1.29, 1.82) is 0 Å². The van der Waals surface area contributed by atoms with E-state index in [0.717, 1.165) is 11.9 Å². The Hall–Kier alpha value is -0.875. The molecule has 1 unspecified atom stereocenters. The summed E-state index contributed by atoms with van der Waals surface area (Å²) in [4.78, 5) is 9.77. The van der Waals surface area contributed by atoms with Crippen molar-refractivity contribution in [2.45, 2.75) is 58.3 Å². The number of hydrogen-bond acceptors (Lipinski definition) is 4. The maximum Gasteiger partial charge on any atom is 0.494 e. The molecule has 0 spiro atoms. The summed E-state index contributed by atoms with van der Waals surface area (Å²) in [5.74, 6) is 0. The third-order valence-corrected chi connectivity index (χ3v) is 4.29. The van der Waals surface area contributed by atoms with E-state index in [2.05, 4.69) is 56.8 Å². The van der Waals surface area contributed by atoms with Crippen LogP contribution in [0.15, 0.2) is 24.3 Å². The predicted molar refractivity (Wildman–Crippen MR) is 83.4 cm³/mol. The van der Waals surface area contributed by atoms with Gasteiger partial charge in [-0.15, -0.1) is 0 Å². The first kappa shape index (κ1) is 16.5. The molecule has 21 heavy (non-hydrogen) atoms. The van der Waals surface area contributed by atoms with Crippen molar-refractivity contribution in [1.82, 2.24) is 0 Å². The molecule has 1 saturated heterocycles. The van der Waals surface area contributed by atoms with Crippen LogP contribution in [-0.4, -0.2) is 31.5 Å². The molecule has 1 aromatic carbocycles. The smallest absolute Gasteiger partial charge is 0.399 e. The van der Waals surface area contributed by atoms with Crippen LogP contribution in [0.5, 0.6) is 0 Å². The topological polar surface area (TPSA) is 36.9 Å². The Morgan fingerprint density at radius 2 is 1.57 bits per heavy atom. The van der Waals surface area contributed by atoms with Crippen molar-refractivity contribution >= 4 is 12.6 Å². The van der Waals surface area contributed by atoms with E-state index in [0.29, 0.717) is 0 Å². The van der Waals surface area contributed by atoms with Crippen LogP contribution in [0.3, 0.4) is 0 Å². The van der Waals surface area contributed by atoms with E-state index >= 15 is 0 Å². The molecule has 5 heteroatoms.